The van der Waals surface area contributed by atoms with Gasteiger partial charge in [-0.15, -0.1) is 0 Å². The number of benzene rings is 2. The zero-order chi connectivity index (χ0) is 27.3. The second-order valence-electron chi connectivity index (χ2n) is 8.21. The Morgan fingerprint density at radius 1 is 1.16 bits per heavy atom. The van der Waals surface area contributed by atoms with E-state index in [-0.39, 0.29) is 53.7 Å². The van der Waals surface area contributed by atoms with Crippen LogP contribution in [0.5, 0.6) is 5.75 Å². The molecule has 3 amide bonds. The van der Waals surface area contributed by atoms with Crippen LogP contribution in [0.15, 0.2) is 46.6 Å². The molecular formula is C25H27ClF3N5O3. The summed E-state index contributed by atoms with van der Waals surface area (Å²) in [5, 5.41) is 4.81. The van der Waals surface area contributed by atoms with Gasteiger partial charge in [0, 0.05) is 49.6 Å². The number of urea groups is 1. The van der Waals surface area contributed by atoms with Gasteiger partial charge in [0.05, 0.1) is 28.9 Å². The SMILES string of the molecule is CN=C(C1=C(N)[C@@H](C)N(C(=O)c2cc(F)cc(OCCNC(=O)NC)c2Cl)CC1)c1cc(F)cc(F)c1. The molecule has 0 aromatic heterocycles. The normalized spacial score (nSPS) is 16.0. The summed E-state index contributed by atoms with van der Waals surface area (Å²) in [7, 11) is 2.94. The van der Waals surface area contributed by atoms with Crippen LogP contribution in [0.2, 0.25) is 5.02 Å². The lowest BCUT2D eigenvalue weighted by molar-refractivity contribution is 0.0706. The van der Waals surface area contributed by atoms with Crippen LogP contribution in [-0.2, 0) is 0 Å². The number of aliphatic imine (C=N–C) groups is 1. The maximum Gasteiger partial charge on any atom is 0.314 e. The lowest BCUT2D eigenvalue weighted by Crippen LogP contribution is -2.46. The maximum atomic E-state index is 14.4. The highest BCUT2D eigenvalue weighted by atomic mass is 35.5. The van der Waals surface area contributed by atoms with Crippen molar-refractivity contribution in [1.29, 1.82) is 0 Å². The first kappa shape index (κ1) is 27.9. The lowest BCUT2D eigenvalue weighted by atomic mass is 9.91. The van der Waals surface area contributed by atoms with Gasteiger partial charge in [0.15, 0.2) is 0 Å². The van der Waals surface area contributed by atoms with E-state index in [9.17, 15) is 22.8 Å². The first-order valence-corrected chi connectivity index (χ1v) is 11.8. The molecule has 4 N–H and O–H groups in total. The number of amides is 3. The number of rotatable bonds is 7. The molecule has 0 saturated heterocycles. The summed E-state index contributed by atoms with van der Waals surface area (Å²) in [6, 6.07) is 4.08. The maximum absolute atomic E-state index is 14.4. The van der Waals surface area contributed by atoms with Crippen LogP contribution in [-0.4, -0.2) is 62.4 Å². The number of carbonyl (C=O) groups is 2. The Bertz CT molecular complexity index is 1250. The fourth-order valence-electron chi connectivity index (χ4n) is 4.05. The van der Waals surface area contributed by atoms with E-state index in [0.717, 1.165) is 30.3 Å². The molecule has 2 aromatic carbocycles. The van der Waals surface area contributed by atoms with Gasteiger partial charge in [-0.1, -0.05) is 11.6 Å². The van der Waals surface area contributed by atoms with E-state index in [0.29, 0.717) is 11.3 Å². The van der Waals surface area contributed by atoms with Crippen molar-refractivity contribution in [3.05, 3.63) is 75.2 Å². The van der Waals surface area contributed by atoms with E-state index < -0.39 is 35.4 Å². The molecule has 0 radical (unpaired) electrons. The molecule has 1 atom stereocenters. The highest BCUT2D eigenvalue weighted by Crippen LogP contribution is 2.33. The first-order valence-electron chi connectivity index (χ1n) is 11.4. The number of nitrogens with zero attached hydrogens (tertiary/aromatic N) is 2. The summed E-state index contributed by atoms with van der Waals surface area (Å²) in [6.07, 6.45) is 0.244. The topological polar surface area (TPSA) is 109 Å². The molecule has 3 rings (SSSR count). The minimum Gasteiger partial charge on any atom is -0.490 e. The van der Waals surface area contributed by atoms with E-state index in [4.69, 9.17) is 22.1 Å². The Morgan fingerprint density at radius 3 is 2.43 bits per heavy atom. The van der Waals surface area contributed by atoms with E-state index in [1.165, 1.54) is 19.0 Å². The monoisotopic (exact) mass is 537 g/mol. The number of ether oxygens (including phenoxy) is 1. The van der Waals surface area contributed by atoms with Crippen molar-refractivity contribution in [3.63, 3.8) is 0 Å². The van der Waals surface area contributed by atoms with E-state index in [1.807, 2.05) is 0 Å². The van der Waals surface area contributed by atoms with Gasteiger partial charge in [-0.2, -0.15) is 0 Å². The van der Waals surface area contributed by atoms with Crippen molar-refractivity contribution >= 4 is 29.3 Å². The third kappa shape index (κ3) is 6.34. The van der Waals surface area contributed by atoms with E-state index >= 15 is 0 Å². The van der Waals surface area contributed by atoms with Crippen molar-refractivity contribution in [2.24, 2.45) is 10.7 Å². The van der Waals surface area contributed by atoms with Gasteiger partial charge < -0.3 is 26.0 Å². The summed E-state index contributed by atoms with van der Waals surface area (Å²) < 4.78 is 47.4. The predicted molar refractivity (Wildman–Crippen MR) is 135 cm³/mol. The summed E-state index contributed by atoms with van der Waals surface area (Å²) >= 11 is 6.39. The van der Waals surface area contributed by atoms with Crippen LogP contribution < -0.4 is 21.1 Å². The first-order chi connectivity index (χ1) is 17.6. The fraction of sp³-hybridized carbons (Fsp3) is 0.320. The minimum absolute atomic E-state index is 0.0107. The number of halogens is 4. The fourth-order valence-corrected chi connectivity index (χ4v) is 4.29. The molecule has 0 saturated carbocycles. The third-order valence-electron chi connectivity index (χ3n) is 5.88. The summed E-state index contributed by atoms with van der Waals surface area (Å²) in [6.45, 7) is 1.97. The van der Waals surface area contributed by atoms with Crippen LogP contribution in [0.3, 0.4) is 0 Å². The standard InChI is InChI=1S/C25H27ClF3N5O3/c1-13-22(30)18(23(31-2)14-8-15(27)10-16(28)9-14)4-6-34(13)24(35)19-11-17(29)12-20(21(19)26)37-7-5-33-25(36)32-3/h8-13H,4-7,30H2,1-3H3,(H2,32,33,36)/t13-/m1/s1. The van der Waals surface area contributed by atoms with Gasteiger partial charge in [0.25, 0.3) is 5.91 Å². The van der Waals surface area contributed by atoms with Crippen LogP contribution >= 0.6 is 11.6 Å². The molecule has 0 aliphatic carbocycles. The van der Waals surface area contributed by atoms with Gasteiger partial charge in [-0.3, -0.25) is 9.79 Å². The van der Waals surface area contributed by atoms with Gasteiger partial charge in [-0.25, -0.2) is 18.0 Å². The molecule has 8 nitrogen and oxygen atoms in total. The van der Waals surface area contributed by atoms with Crippen LogP contribution in [0, 0.1) is 17.5 Å². The average molecular weight is 538 g/mol. The highest BCUT2D eigenvalue weighted by molar-refractivity contribution is 6.35. The van der Waals surface area contributed by atoms with Crippen molar-refractivity contribution < 1.29 is 27.5 Å². The van der Waals surface area contributed by atoms with Crippen LogP contribution in [0.4, 0.5) is 18.0 Å². The van der Waals surface area contributed by atoms with Gasteiger partial charge >= 0.3 is 6.03 Å². The minimum atomic E-state index is -0.751. The molecule has 0 fully saturated rings. The van der Waals surface area contributed by atoms with Crippen molar-refractivity contribution in [2.75, 3.05) is 33.8 Å². The Labute approximate surface area is 217 Å². The molecule has 198 valence electrons. The van der Waals surface area contributed by atoms with Crippen molar-refractivity contribution in [2.45, 2.75) is 19.4 Å². The van der Waals surface area contributed by atoms with Crippen molar-refractivity contribution in [3.8, 4) is 5.75 Å². The number of nitrogens with two attached hydrogens (primary N) is 1. The largest absolute Gasteiger partial charge is 0.490 e. The summed E-state index contributed by atoms with van der Waals surface area (Å²) in [5.74, 6) is -2.85. The van der Waals surface area contributed by atoms with Gasteiger partial charge in [0.1, 0.15) is 29.8 Å². The average Bonchev–Trinajstić information content (AvgIpc) is 2.85. The number of hydrogen-bond acceptors (Lipinski definition) is 5. The molecule has 1 aliphatic rings. The van der Waals surface area contributed by atoms with Crippen LogP contribution in [0.1, 0.15) is 29.3 Å². The molecular weight excluding hydrogens is 511 g/mol. The second-order valence-corrected chi connectivity index (χ2v) is 8.59. The van der Waals surface area contributed by atoms with Gasteiger partial charge in [-0.05, 0) is 31.5 Å². The number of hydrogen-bond donors (Lipinski definition) is 3. The zero-order valence-corrected chi connectivity index (χ0v) is 21.3. The Kier molecular flexibility index (Phi) is 9.04. The van der Waals surface area contributed by atoms with E-state index in [2.05, 4.69) is 15.6 Å². The van der Waals surface area contributed by atoms with Gasteiger partial charge in [0.2, 0.25) is 0 Å². The number of carbonyl (C=O) groups excluding carboxylic acids is 2. The molecule has 1 heterocycles. The Morgan fingerprint density at radius 2 is 1.81 bits per heavy atom. The molecule has 0 spiro atoms. The third-order valence-corrected chi connectivity index (χ3v) is 6.27. The second kappa shape index (κ2) is 12.0. The Hall–Kier alpha value is -3.73. The molecule has 0 bridgehead atoms. The smallest absolute Gasteiger partial charge is 0.314 e. The molecule has 2 aromatic rings. The predicted octanol–water partition coefficient (Wildman–Crippen LogP) is 3.63. The molecule has 12 heteroatoms. The highest BCUT2D eigenvalue weighted by Gasteiger charge is 2.32. The Balaban J connectivity index is 1.84. The molecule has 1 aliphatic heterocycles. The quantitative estimate of drug-likeness (QED) is 0.370. The molecule has 0 unspecified atom stereocenters. The van der Waals surface area contributed by atoms with E-state index in [1.54, 1.807) is 6.92 Å². The molecule has 37 heavy (non-hydrogen) atoms. The zero-order valence-electron chi connectivity index (χ0n) is 20.5. The summed E-state index contributed by atoms with van der Waals surface area (Å²) in [5.41, 5.74) is 7.65. The lowest BCUT2D eigenvalue weighted by Gasteiger charge is -2.36. The number of nitrogens with one attached hydrogen (secondary N) is 2. The van der Waals surface area contributed by atoms with Crippen LogP contribution in [0.25, 0.3) is 0 Å². The van der Waals surface area contributed by atoms with Crippen molar-refractivity contribution in [1.82, 2.24) is 15.5 Å². The summed E-state index contributed by atoms with van der Waals surface area (Å²) in [4.78, 5) is 30.3.